The Labute approximate surface area is 124 Å². The van der Waals surface area contributed by atoms with Crippen LogP contribution in [0, 0.1) is 0 Å². The third kappa shape index (κ3) is 4.17. The summed E-state index contributed by atoms with van der Waals surface area (Å²) in [6.45, 7) is -0.343. The molecule has 1 amide bonds. The first-order chi connectivity index (χ1) is 9.65. The summed E-state index contributed by atoms with van der Waals surface area (Å²) < 4.78 is 5.80. The van der Waals surface area contributed by atoms with Crippen LogP contribution >= 0.6 is 15.9 Å². The fourth-order valence-electron chi connectivity index (χ4n) is 1.43. The normalized spacial score (nSPS) is 9.85. The van der Waals surface area contributed by atoms with E-state index in [0.29, 0.717) is 11.3 Å². The molecule has 20 heavy (non-hydrogen) atoms. The molecular formula is C14H11BrN2O3. The molecule has 0 radical (unpaired) electrons. The van der Waals surface area contributed by atoms with E-state index in [0.717, 1.165) is 4.47 Å². The Kier molecular flexibility index (Phi) is 4.84. The van der Waals surface area contributed by atoms with E-state index in [-0.39, 0.29) is 6.61 Å². The molecule has 0 unspecified atom stereocenters. The quantitative estimate of drug-likeness (QED) is 0.872. The van der Waals surface area contributed by atoms with Crippen molar-refractivity contribution >= 4 is 33.5 Å². The number of aromatic nitrogens is 1. The summed E-state index contributed by atoms with van der Waals surface area (Å²) >= 11 is 3.30. The van der Waals surface area contributed by atoms with Gasteiger partial charge in [-0.15, -0.1) is 0 Å². The van der Waals surface area contributed by atoms with Gasteiger partial charge >= 0.3 is 5.97 Å². The van der Waals surface area contributed by atoms with E-state index in [1.165, 1.54) is 6.20 Å². The topological polar surface area (TPSA) is 68.3 Å². The van der Waals surface area contributed by atoms with E-state index < -0.39 is 11.9 Å². The fourth-order valence-corrected chi connectivity index (χ4v) is 1.69. The van der Waals surface area contributed by atoms with Crippen LogP contribution in [0.3, 0.4) is 0 Å². The van der Waals surface area contributed by atoms with Gasteiger partial charge in [0.2, 0.25) is 0 Å². The highest BCUT2D eigenvalue weighted by Gasteiger charge is 2.10. The predicted octanol–water partition coefficient (Wildman–Crippen LogP) is 2.64. The van der Waals surface area contributed by atoms with Crippen molar-refractivity contribution in [3.8, 4) is 0 Å². The summed E-state index contributed by atoms with van der Waals surface area (Å²) in [5.74, 6) is -0.978. The lowest BCUT2D eigenvalue weighted by Crippen LogP contribution is -2.20. The van der Waals surface area contributed by atoms with Crippen LogP contribution in [0.5, 0.6) is 0 Å². The average molecular weight is 335 g/mol. The van der Waals surface area contributed by atoms with Crippen LogP contribution in [-0.2, 0) is 9.53 Å². The molecule has 102 valence electrons. The van der Waals surface area contributed by atoms with Gasteiger partial charge in [-0.25, -0.2) is 4.79 Å². The molecule has 0 aliphatic heterocycles. The molecule has 0 aliphatic carbocycles. The zero-order valence-corrected chi connectivity index (χ0v) is 12.0. The summed E-state index contributed by atoms with van der Waals surface area (Å²) in [6.07, 6.45) is 2.94. The van der Waals surface area contributed by atoms with Crippen molar-refractivity contribution in [1.82, 2.24) is 4.98 Å². The van der Waals surface area contributed by atoms with Crippen molar-refractivity contribution in [2.75, 3.05) is 11.9 Å². The van der Waals surface area contributed by atoms with Crippen molar-refractivity contribution in [2.45, 2.75) is 0 Å². The Morgan fingerprint density at radius 3 is 2.60 bits per heavy atom. The number of pyridine rings is 1. The largest absolute Gasteiger partial charge is 0.452 e. The van der Waals surface area contributed by atoms with E-state index in [4.69, 9.17) is 4.74 Å². The SMILES string of the molecule is O=C(COC(=O)c1cccnc1)Nc1ccc(Br)cc1. The van der Waals surface area contributed by atoms with E-state index in [9.17, 15) is 9.59 Å². The maximum Gasteiger partial charge on any atom is 0.340 e. The van der Waals surface area contributed by atoms with Crippen LogP contribution in [0.15, 0.2) is 53.3 Å². The average Bonchev–Trinajstić information content (AvgIpc) is 2.48. The molecule has 0 aliphatic rings. The van der Waals surface area contributed by atoms with Gasteiger partial charge in [0.05, 0.1) is 5.56 Å². The van der Waals surface area contributed by atoms with Crippen molar-refractivity contribution in [3.05, 3.63) is 58.8 Å². The summed E-state index contributed by atoms with van der Waals surface area (Å²) in [7, 11) is 0. The molecule has 0 bridgehead atoms. The Balaban J connectivity index is 1.83. The Hall–Kier alpha value is -2.21. The fraction of sp³-hybridized carbons (Fsp3) is 0.0714. The van der Waals surface area contributed by atoms with Crippen LogP contribution < -0.4 is 5.32 Å². The molecule has 0 fully saturated rings. The zero-order chi connectivity index (χ0) is 14.4. The molecule has 6 heteroatoms. The Morgan fingerprint density at radius 2 is 1.95 bits per heavy atom. The van der Waals surface area contributed by atoms with Gasteiger partial charge < -0.3 is 10.1 Å². The molecule has 2 aromatic rings. The van der Waals surface area contributed by atoms with E-state index in [2.05, 4.69) is 26.2 Å². The summed E-state index contributed by atoms with van der Waals surface area (Å²) in [6, 6.07) is 10.3. The summed E-state index contributed by atoms with van der Waals surface area (Å²) in [5.41, 5.74) is 0.944. The summed E-state index contributed by atoms with van der Waals surface area (Å²) in [4.78, 5) is 27.0. The van der Waals surface area contributed by atoms with Gasteiger partial charge in [0.15, 0.2) is 6.61 Å². The number of esters is 1. The minimum atomic E-state index is -0.580. The third-order valence-electron chi connectivity index (χ3n) is 2.36. The minimum absolute atomic E-state index is 0.309. The number of halogens is 1. The number of hydrogen-bond donors (Lipinski definition) is 1. The molecule has 0 atom stereocenters. The van der Waals surface area contributed by atoms with Crippen LogP contribution in [0.25, 0.3) is 0 Å². The maximum atomic E-state index is 11.6. The predicted molar refractivity (Wildman–Crippen MR) is 77.3 cm³/mol. The first-order valence-electron chi connectivity index (χ1n) is 5.78. The monoisotopic (exact) mass is 334 g/mol. The van der Waals surface area contributed by atoms with Crippen LogP contribution in [0.2, 0.25) is 0 Å². The molecular weight excluding hydrogens is 324 g/mol. The highest BCUT2D eigenvalue weighted by molar-refractivity contribution is 9.10. The molecule has 1 aromatic carbocycles. The number of benzene rings is 1. The van der Waals surface area contributed by atoms with Crippen molar-refractivity contribution in [1.29, 1.82) is 0 Å². The van der Waals surface area contributed by atoms with Crippen molar-refractivity contribution < 1.29 is 14.3 Å². The number of nitrogens with zero attached hydrogens (tertiary/aromatic N) is 1. The molecule has 0 saturated carbocycles. The second-order valence-corrected chi connectivity index (χ2v) is 4.79. The maximum absolute atomic E-state index is 11.6. The first-order valence-corrected chi connectivity index (χ1v) is 6.57. The molecule has 1 heterocycles. The number of amides is 1. The number of carbonyl (C=O) groups excluding carboxylic acids is 2. The minimum Gasteiger partial charge on any atom is -0.452 e. The van der Waals surface area contributed by atoms with Gasteiger partial charge in [0.25, 0.3) is 5.91 Å². The molecule has 0 spiro atoms. The van der Waals surface area contributed by atoms with Gasteiger partial charge in [0, 0.05) is 22.6 Å². The molecule has 0 saturated heterocycles. The number of anilines is 1. The van der Waals surface area contributed by atoms with Crippen LogP contribution in [-0.4, -0.2) is 23.5 Å². The van der Waals surface area contributed by atoms with Gasteiger partial charge in [-0.3, -0.25) is 9.78 Å². The van der Waals surface area contributed by atoms with Crippen LogP contribution in [0.4, 0.5) is 5.69 Å². The second-order valence-electron chi connectivity index (χ2n) is 3.87. The highest BCUT2D eigenvalue weighted by atomic mass is 79.9. The lowest BCUT2D eigenvalue weighted by atomic mass is 10.3. The van der Waals surface area contributed by atoms with E-state index >= 15 is 0 Å². The van der Waals surface area contributed by atoms with E-state index in [1.807, 2.05) is 0 Å². The van der Waals surface area contributed by atoms with Gasteiger partial charge in [-0.05, 0) is 36.4 Å². The number of ether oxygens (including phenoxy) is 1. The first kappa shape index (κ1) is 14.2. The van der Waals surface area contributed by atoms with Gasteiger partial charge in [0.1, 0.15) is 0 Å². The van der Waals surface area contributed by atoms with Gasteiger partial charge in [-0.1, -0.05) is 15.9 Å². The summed E-state index contributed by atoms with van der Waals surface area (Å²) in [5, 5.41) is 2.62. The Bertz CT molecular complexity index is 600. The lowest BCUT2D eigenvalue weighted by Gasteiger charge is -2.06. The number of nitrogens with one attached hydrogen (secondary N) is 1. The van der Waals surface area contributed by atoms with Crippen molar-refractivity contribution in [3.63, 3.8) is 0 Å². The van der Waals surface area contributed by atoms with Crippen LogP contribution in [0.1, 0.15) is 10.4 Å². The van der Waals surface area contributed by atoms with Gasteiger partial charge in [-0.2, -0.15) is 0 Å². The number of hydrogen-bond acceptors (Lipinski definition) is 4. The second kappa shape index (κ2) is 6.81. The molecule has 5 nitrogen and oxygen atoms in total. The molecule has 1 N–H and O–H groups in total. The smallest absolute Gasteiger partial charge is 0.340 e. The third-order valence-corrected chi connectivity index (χ3v) is 2.89. The molecule has 1 aromatic heterocycles. The molecule has 2 rings (SSSR count). The standard InChI is InChI=1S/C14H11BrN2O3/c15-11-3-5-12(6-4-11)17-13(18)9-20-14(19)10-2-1-7-16-8-10/h1-8H,9H2,(H,17,18). The number of rotatable bonds is 4. The number of carbonyl (C=O) groups is 2. The highest BCUT2D eigenvalue weighted by Crippen LogP contribution is 2.13. The van der Waals surface area contributed by atoms with E-state index in [1.54, 1.807) is 42.6 Å². The lowest BCUT2D eigenvalue weighted by molar-refractivity contribution is -0.119. The Morgan fingerprint density at radius 1 is 1.20 bits per heavy atom. The zero-order valence-electron chi connectivity index (χ0n) is 10.4. The van der Waals surface area contributed by atoms with Crippen molar-refractivity contribution in [2.24, 2.45) is 0 Å².